The Balaban J connectivity index is 1.87. The molecule has 4 heteroatoms. The normalized spacial score (nSPS) is 17.7. The molecule has 1 aliphatic heterocycles. The second kappa shape index (κ2) is 4.88. The van der Waals surface area contributed by atoms with Crippen LogP contribution in [-0.2, 0) is 0 Å². The number of H-pyrrole nitrogens is 1. The van der Waals surface area contributed by atoms with Crippen LogP contribution in [-0.4, -0.2) is 23.1 Å². The van der Waals surface area contributed by atoms with Crippen LogP contribution in [0.1, 0.15) is 32.1 Å². The van der Waals surface area contributed by atoms with Gasteiger partial charge in [-0.3, -0.25) is 0 Å². The quantitative estimate of drug-likeness (QED) is 0.758. The number of nitrogen functional groups attached to an aromatic ring is 1. The van der Waals surface area contributed by atoms with Crippen molar-refractivity contribution in [1.82, 2.24) is 9.97 Å². The van der Waals surface area contributed by atoms with Gasteiger partial charge < -0.3 is 15.6 Å². The van der Waals surface area contributed by atoms with E-state index < -0.39 is 0 Å². The Morgan fingerprint density at radius 3 is 2.56 bits per heavy atom. The van der Waals surface area contributed by atoms with E-state index in [1.165, 1.54) is 32.1 Å². The SMILES string of the molecule is Nc1ccc2nc(N3CCCCCCC3)[nH]c2c1. The number of rotatable bonds is 1. The van der Waals surface area contributed by atoms with E-state index in [1.807, 2.05) is 18.2 Å². The Kier molecular flexibility index (Phi) is 3.09. The third-order valence-corrected chi connectivity index (χ3v) is 3.65. The summed E-state index contributed by atoms with van der Waals surface area (Å²) in [5.74, 6) is 0.998. The standard InChI is InChI=1S/C14H20N4/c15-11-6-7-12-13(10-11)17-14(16-12)18-8-4-2-1-3-5-9-18/h6-7,10H,1-5,8-9,15H2,(H,16,17). The molecule has 96 valence electrons. The van der Waals surface area contributed by atoms with Crippen LogP contribution in [0.4, 0.5) is 11.6 Å². The van der Waals surface area contributed by atoms with Gasteiger partial charge in [0.15, 0.2) is 0 Å². The van der Waals surface area contributed by atoms with Gasteiger partial charge in [-0.25, -0.2) is 4.98 Å². The van der Waals surface area contributed by atoms with Crippen molar-refractivity contribution < 1.29 is 0 Å². The molecule has 0 amide bonds. The maximum atomic E-state index is 5.80. The maximum absolute atomic E-state index is 5.80. The second-order valence-corrected chi connectivity index (χ2v) is 5.09. The first-order chi connectivity index (χ1) is 8.83. The first-order valence-electron chi connectivity index (χ1n) is 6.83. The molecule has 0 bridgehead atoms. The van der Waals surface area contributed by atoms with E-state index in [0.29, 0.717) is 0 Å². The van der Waals surface area contributed by atoms with E-state index in [0.717, 1.165) is 35.8 Å². The lowest BCUT2D eigenvalue weighted by Crippen LogP contribution is -2.27. The van der Waals surface area contributed by atoms with Crippen molar-refractivity contribution in [1.29, 1.82) is 0 Å². The summed E-state index contributed by atoms with van der Waals surface area (Å²) in [6.45, 7) is 2.21. The number of imidazole rings is 1. The molecule has 2 aromatic rings. The topological polar surface area (TPSA) is 57.9 Å². The highest BCUT2D eigenvalue weighted by Gasteiger charge is 2.12. The van der Waals surface area contributed by atoms with E-state index in [9.17, 15) is 0 Å². The van der Waals surface area contributed by atoms with Crippen molar-refractivity contribution in [3.8, 4) is 0 Å². The number of hydrogen-bond donors (Lipinski definition) is 2. The molecule has 0 atom stereocenters. The molecule has 0 aliphatic carbocycles. The largest absolute Gasteiger partial charge is 0.399 e. The van der Waals surface area contributed by atoms with Crippen LogP contribution in [0, 0.1) is 0 Å². The van der Waals surface area contributed by atoms with E-state index in [4.69, 9.17) is 5.73 Å². The molecule has 0 unspecified atom stereocenters. The predicted octanol–water partition coefficient (Wildman–Crippen LogP) is 2.92. The van der Waals surface area contributed by atoms with Gasteiger partial charge in [0.25, 0.3) is 0 Å². The Morgan fingerprint density at radius 1 is 1.06 bits per heavy atom. The minimum absolute atomic E-state index is 0.783. The zero-order valence-electron chi connectivity index (χ0n) is 10.7. The van der Waals surface area contributed by atoms with Crippen molar-refractivity contribution in [2.45, 2.75) is 32.1 Å². The van der Waals surface area contributed by atoms with Gasteiger partial charge in [0, 0.05) is 18.8 Å². The molecule has 0 saturated carbocycles. The lowest BCUT2D eigenvalue weighted by atomic mass is 10.1. The van der Waals surface area contributed by atoms with Crippen LogP contribution in [0.15, 0.2) is 18.2 Å². The number of anilines is 2. The van der Waals surface area contributed by atoms with Gasteiger partial charge in [-0.1, -0.05) is 19.3 Å². The highest BCUT2D eigenvalue weighted by molar-refractivity contribution is 5.80. The second-order valence-electron chi connectivity index (χ2n) is 5.09. The molecule has 0 radical (unpaired) electrons. The summed E-state index contributed by atoms with van der Waals surface area (Å²) in [5, 5.41) is 0. The fourth-order valence-corrected chi connectivity index (χ4v) is 2.62. The van der Waals surface area contributed by atoms with Crippen LogP contribution in [0.25, 0.3) is 11.0 Å². The Morgan fingerprint density at radius 2 is 1.78 bits per heavy atom. The summed E-state index contributed by atoms with van der Waals surface area (Å²) >= 11 is 0. The highest BCUT2D eigenvalue weighted by Crippen LogP contribution is 2.21. The molecule has 1 fully saturated rings. The number of hydrogen-bond acceptors (Lipinski definition) is 3. The van der Waals surface area contributed by atoms with E-state index >= 15 is 0 Å². The first kappa shape index (κ1) is 11.4. The highest BCUT2D eigenvalue weighted by atomic mass is 15.3. The average molecular weight is 244 g/mol. The molecular formula is C14H20N4. The summed E-state index contributed by atoms with van der Waals surface area (Å²) in [6, 6.07) is 5.84. The molecule has 3 rings (SSSR count). The van der Waals surface area contributed by atoms with Crippen molar-refractivity contribution in [2.75, 3.05) is 23.7 Å². The van der Waals surface area contributed by atoms with Crippen LogP contribution in [0.3, 0.4) is 0 Å². The first-order valence-corrected chi connectivity index (χ1v) is 6.83. The monoisotopic (exact) mass is 244 g/mol. The predicted molar refractivity (Wildman–Crippen MR) is 75.8 cm³/mol. The van der Waals surface area contributed by atoms with Crippen molar-refractivity contribution in [3.05, 3.63) is 18.2 Å². The summed E-state index contributed by atoms with van der Waals surface area (Å²) < 4.78 is 0. The smallest absolute Gasteiger partial charge is 0.203 e. The van der Waals surface area contributed by atoms with Gasteiger partial charge in [0.1, 0.15) is 0 Å². The fourth-order valence-electron chi connectivity index (χ4n) is 2.62. The third kappa shape index (κ3) is 2.28. The Hall–Kier alpha value is -1.71. The Labute approximate surface area is 107 Å². The molecule has 4 nitrogen and oxygen atoms in total. The minimum atomic E-state index is 0.783. The lowest BCUT2D eigenvalue weighted by molar-refractivity contribution is 0.552. The Bertz CT molecular complexity index is 524. The molecule has 1 aromatic carbocycles. The summed E-state index contributed by atoms with van der Waals surface area (Å²) in [7, 11) is 0. The number of aromatic amines is 1. The van der Waals surface area contributed by atoms with E-state index in [1.54, 1.807) is 0 Å². The molecule has 18 heavy (non-hydrogen) atoms. The van der Waals surface area contributed by atoms with Crippen molar-refractivity contribution in [2.24, 2.45) is 0 Å². The van der Waals surface area contributed by atoms with Gasteiger partial charge in [-0.15, -0.1) is 0 Å². The van der Waals surface area contributed by atoms with Crippen molar-refractivity contribution in [3.63, 3.8) is 0 Å². The molecule has 0 spiro atoms. The minimum Gasteiger partial charge on any atom is -0.399 e. The van der Waals surface area contributed by atoms with Gasteiger partial charge in [-0.05, 0) is 31.0 Å². The number of nitrogens with one attached hydrogen (secondary N) is 1. The average Bonchev–Trinajstić information content (AvgIpc) is 2.71. The zero-order chi connectivity index (χ0) is 12.4. The van der Waals surface area contributed by atoms with Gasteiger partial charge in [0.2, 0.25) is 5.95 Å². The third-order valence-electron chi connectivity index (χ3n) is 3.65. The number of nitrogens with zero attached hydrogens (tertiary/aromatic N) is 2. The molecule has 2 heterocycles. The van der Waals surface area contributed by atoms with Gasteiger partial charge >= 0.3 is 0 Å². The van der Waals surface area contributed by atoms with Gasteiger partial charge in [-0.2, -0.15) is 0 Å². The van der Waals surface area contributed by atoms with E-state index in [-0.39, 0.29) is 0 Å². The summed E-state index contributed by atoms with van der Waals surface area (Å²) in [4.78, 5) is 10.4. The summed E-state index contributed by atoms with van der Waals surface area (Å²) in [5.41, 5.74) is 8.61. The van der Waals surface area contributed by atoms with Crippen molar-refractivity contribution >= 4 is 22.7 Å². The molecular weight excluding hydrogens is 224 g/mol. The van der Waals surface area contributed by atoms with Gasteiger partial charge in [0.05, 0.1) is 11.0 Å². The molecule has 3 N–H and O–H groups in total. The number of aromatic nitrogens is 2. The molecule has 1 aliphatic rings. The summed E-state index contributed by atoms with van der Waals surface area (Å²) in [6.07, 6.45) is 6.58. The zero-order valence-corrected chi connectivity index (χ0v) is 10.7. The van der Waals surface area contributed by atoms with Crippen LogP contribution < -0.4 is 10.6 Å². The van der Waals surface area contributed by atoms with E-state index in [2.05, 4.69) is 14.9 Å². The number of benzene rings is 1. The number of fused-ring (bicyclic) bond motifs is 1. The lowest BCUT2D eigenvalue weighted by Gasteiger charge is -2.23. The van der Waals surface area contributed by atoms with Crippen LogP contribution in [0.5, 0.6) is 0 Å². The van der Waals surface area contributed by atoms with Crippen LogP contribution in [0.2, 0.25) is 0 Å². The fraction of sp³-hybridized carbons (Fsp3) is 0.500. The maximum Gasteiger partial charge on any atom is 0.203 e. The molecule has 1 saturated heterocycles. The number of nitrogens with two attached hydrogens (primary N) is 1. The van der Waals surface area contributed by atoms with Crippen LogP contribution >= 0.6 is 0 Å². The molecule has 1 aromatic heterocycles.